The summed E-state index contributed by atoms with van der Waals surface area (Å²) in [5, 5.41) is 17.6. The van der Waals surface area contributed by atoms with Crippen LogP contribution < -0.4 is 0 Å². The van der Waals surface area contributed by atoms with Crippen molar-refractivity contribution in [1.82, 2.24) is 0 Å². The first kappa shape index (κ1) is 10.3. The summed E-state index contributed by atoms with van der Waals surface area (Å²) >= 11 is 0. The highest BCUT2D eigenvalue weighted by Gasteiger charge is 2.01. The Morgan fingerprint density at radius 3 is 2.79 bits per heavy atom. The van der Waals surface area contributed by atoms with Crippen molar-refractivity contribution < 1.29 is 15.0 Å². The lowest BCUT2D eigenvalue weighted by atomic mass is 10.1. The minimum Gasteiger partial charge on any atom is -0.478 e. The Morgan fingerprint density at radius 2 is 2.21 bits per heavy atom. The van der Waals surface area contributed by atoms with Crippen molar-refractivity contribution in [3.05, 3.63) is 35.4 Å². The van der Waals surface area contributed by atoms with Crippen LogP contribution in [0.1, 0.15) is 22.8 Å². The fourth-order valence-corrected chi connectivity index (χ4v) is 0.918. The topological polar surface area (TPSA) is 57.5 Å². The molecule has 0 saturated heterocycles. The molecule has 72 valence electrons. The van der Waals surface area contributed by atoms with Crippen LogP contribution in [0.3, 0.4) is 0 Å². The first-order chi connectivity index (χ1) is 6.59. The molecule has 1 atom stereocenters. The molecule has 1 aromatic carbocycles. The Balaban J connectivity index is 2.96. The van der Waals surface area contributed by atoms with Crippen molar-refractivity contribution in [2.75, 3.05) is 0 Å². The zero-order valence-electron chi connectivity index (χ0n) is 7.69. The van der Waals surface area contributed by atoms with E-state index in [1.54, 1.807) is 19.1 Å². The number of aliphatic hydroxyl groups excluding tert-OH is 1. The fourth-order valence-electron chi connectivity index (χ4n) is 0.918. The Kier molecular flexibility index (Phi) is 3.27. The molecule has 0 unspecified atom stereocenters. The monoisotopic (exact) mass is 190 g/mol. The number of carboxylic acid groups (broad SMARTS) is 1. The summed E-state index contributed by atoms with van der Waals surface area (Å²) in [6.45, 7) is 1.55. The third-order valence-corrected chi connectivity index (χ3v) is 1.53. The molecule has 0 amide bonds. The molecule has 0 spiro atoms. The lowest BCUT2D eigenvalue weighted by Gasteiger charge is -1.94. The van der Waals surface area contributed by atoms with Crippen molar-refractivity contribution in [3.8, 4) is 11.8 Å². The van der Waals surface area contributed by atoms with Gasteiger partial charge in [-0.2, -0.15) is 0 Å². The standard InChI is InChI=1S/C11H10O3/c1-8(12)5-6-9-3-2-4-10(7-9)11(13)14/h2-4,7-8,12H,1H3,(H,13,14)/t8-/m1/s1. The minimum absolute atomic E-state index is 0.197. The second-order valence-corrected chi connectivity index (χ2v) is 2.83. The van der Waals surface area contributed by atoms with Crippen LogP contribution in [0.25, 0.3) is 0 Å². The summed E-state index contributed by atoms with van der Waals surface area (Å²) in [5.41, 5.74) is 0.785. The van der Waals surface area contributed by atoms with Gasteiger partial charge >= 0.3 is 5.97 Å². The molecule has 0 bridgehead atoms. The summed E-state index contributed by atoms with van der Waals surface area (Å²) in [6, 6.07) is 6.28. The van der Waals surface area contributed by atoms with Crippen molar-refractivity contribution in [2.45, 2.75) is 13.0 Å². The molecule has 1 rings (SSSR count). The smallest absolute Gasteiger partial charge is 0.335 e. The van der Waals surface area contributed by atoms with E-state index in [4.69, 9.17) is 10.2 Å². The Bertz CT molecular complexity index is 396. The predicted molar refractivity (Wildman–Crippen MR) is 52.0 cm³/mol. The van der Waals surface area contributed by atoms with Crippen molar-refractivity contribution >= 4 is 5.97 Å². The zero-order valence-corrected chi connectivity index (χ0v) is 7.69. The molecule has 0 fully saturated rings. The Labute approximate surface area is 82.0 Å². The molecule has 0 aliphatic heterocycles. The average Bonchev–Trinajstić information content (AvgIpc) is 2.15. The number of aromatic carboxylic acids is 1. The molecule has 0 aromatic heterocycles. The first-order valence-electron chi connectivity index (χ1n) is 4.12. The third kappa shape index (κ3) is 2.92. The Morgan fingerprint density at radius 1 is 1.50 bits per heavy atom. The van der Waals surface area contributed by atoms with E-state index < -0.39 is 12.1 Å². The van der Waals surface area contributed by atoms with Crippen LogP contribution in [0.2, 0.25) is 0 Å². The highest BCUT2D eigenvalue weighted by Crippen LogP contribution is 2.03. The van der Waals surface area contributed by atoms with Crippen molar-refractivity contribution in [1.29, 1.82) is 0 Å². The number of aliphatic hydroxyl groups is 1. The highest BCUT2D eigenvalue weighted by molar-refractivity contribution is 5.87. The van der Waals surface area contributed by atoms with Gasteiger partial charge in [0.1, 0.15) is 6.10 Å². The SMILES string of the molecule is C[C@@H](O)C#Cc1cccc(C(=O)O)c1. The number of hydrogen-bond donors (Lipinski definition) is 2. The molecule has 2 N–H and O–H groups in total. The van der Waals surface area contributed by atoms with Gasteiger partial charge in [-0.15, -0.1) is 0 Å². The number of carboxylic acids is 1. The molecular formula is C11H10O3. The predicted octanol–water partition coefficient (Wildman–Crippen LogP) is 1.12. The molecule has 3 nitrogen and oxygen atoms in total. The number of rotatable bonds is 1. The van der Waals surface area contributed by atoms with E-state index >= 15 is 0 Å². The summed E-state index contributed by atoms with van der Waals surface area (Å²) in [7, 11) is 0. The third-order valence-electron chi connectivity index (χ3n) is 1.53. The van der Waals surface area contributed by atoms with Gasteiger partial charge in [0.15, 0.2) is 0 Å². The lowest BCUT2D eigenvalue weighted by molar-refractivity contribution is 0.0697. The van der Waals surface area contributed by atoms with E-state index in [0.29, 0.717) is 5.56 Å². The molecule has 3 heteroatoms. The second-order valence-electron chi connectivity index (χ2n) is 2.83. The normalized spacial score (nSPS) is 11.3. The molecule has 0 radical (unpaired) electrons. The number of carbonyl (C=O) groups is 1. The Hall–Kier alpha value is -1.79. The van der Waals surface area contributed by atoms with E-state index in [-0.39, 0.29) is 5.56 Å². The van der Waals surface area contributed by atoms with Crippen LogP contribution in [0.15, 0.2) is 24.3 Å². The molecule has 1 aromatic rings. The highest BCUT2D eigenvalue weighted by atomic mass is 16.4. The van der Waals surface area contributed by atoms with Gasteiger partial charge < -0.3 is 10.2 Å². The van der Waals surface area contributed by atoms with Crippen LogP contribution in [-0.4, -0.2) is 22.3 Å². The minimum atomic E-state index is -0.981. The van der Waals surface area contributed by atoms with Crippen LogP contribution in [-0.2, 0) is 0 Å². The van der Waals surface area contributed by atoms with Crippen LogP contribution >= 0.6 is 0 Å². The van der Waals surface area contributed by atoms with Gasteiger partial charge in [-0.05, 0) is 25.1 Å². The molecule has 0 aliphatic carbocycles. The van der Waals surface area contributed by atoms with Gasteiger partial charge in [-0.1, -0.05) is 17.9 Å². The first-order valence-corrected chi connectivity index (χ1v) is 4.12. The van der Waals surface area contributed by atoms with Gasteiger partial charge in [-0.3, -0.25) is 0 Å². The maximum absolute atomic E-state index is 10.6. The van der Waals surface area contributed by atoms with E-state index in [1.807, 2.05) is 0 Å². The van der Waals surface area contributed by atoms with Crippen molar-refractivity contribution in [3.63, 3.8) is 0 Å². The zero-order chi connectivity index (χ0) is 10.6. The number of hydrogen-bond acceptors (Lipinski definition) is 2. The van der Waals surface area contributed by atoms with Crippen LogP contribution in [0.5, 0.6) is 0 Å². The van der Waals surface area contributed by atoms with Gasteiger partial charge in [0.2, 0.25) is 0 Å². The van der Waals surface area contributed by atoms with E-state index in [1.165, 1.54) is 12.1 Å². The molecular weight excluding hydrogens is 180 g/mol. The van der Waals surface area contributed by atoms with E-state index in [2.05, 4.69) is 11.8 Å². The largest absolute Gasteiger partial charge is 0.478 e. The summed E-state index contributed by atoms with van der Waals surface area (Å²) in [6.07, 6.45) is -0.705. The number of benzene rings is 1. The van der Waals surface area contributed by atoms with Crippen LogP contribution in [0, 0.1) is 11.8 Å². The molecule has 0 aliphatic rings. The average molecular weight is 190 g/mol. The summed E-state index contributed by atoms with van der Waals surface area (Å²) in [4.78, 5) is 10.6. The quantitative estimate of drug-likeness (QED) is 0.652. The van der Waals surface area contributed by atoms with Crippen LogP contribution in [0.4, 0.5) is 0 Å². The van der Waals surface area contributed by atoms with Gasteiger partial charge in [0.05, 0.1) is 5.56 Å². The molecule has 14 heavy (non-hydrogen) atoms. The summed E-state index contributed by atoms with van der Waals surface area (Å²) in [5.74, 6) is 4.24. The maximum atomic E-state index is 10.6. The van der Waals surface area contributed by atoms with Gasteiger partial charge in [-0.25, -0.2) is 4.79 Å². The maximum Gasteiger partial charge on any atom is 0.335 e. The molecule has 0 saturated carbocycles. The van der Waals surface area contributed by atoms with E-state index in [0.717, 1.165) is 0 Å². The second kappa shape index (κ2) is 4.45. The fraction of sp³-hybridized carbons (Fsp3) is 0.182. The van der Waals surface area contributed by atoms with Crippen molar-refractivity contribution in [2.24, 2.45) is 0 Å². The van der Waals surface area contributed by atoms with Gasteiger partial charge in [0, 0.05) is 5.56 Å². The van der Waals surface area contributed by atoms with E-state index in [9.17, 15) is 4.79 Å². The molecule has 0 heterocycles. The summed E-state index contributed by atoms with van der Waals surface area (Å²) < 4.78 is 0. The van der Waals surface area contributed by atoms with Gasteiger partial charge in [0.25, 0.3) is 0 Å². The lowest BCUT2D eigenvalue weighted by Crippen LogP contribution is -1.96.